The third kappa shape index (κ3) is 5.13. The van der Waals surface area contributed by atoms with E-state index in [2.05, 4.69) is 15.4 Å². The summed E-state index contributed by atoms with van der Waals surface area (Å²) in [4.78, 5) is 11.8. The van der Waals surface area contributed by atoms with Crippen molar-refractivity contribution < 1.29 is 27.8 Å². The number of phenols is 1. The fourth-order valence-corrected chi connectivity index (χ4v) is 3.14. The van der Waals surface area contributed by atoms with Crippen molar-refractivity contribution in [1.82, 2.24) is 10.6 Å². The highest BCUT2D eigenvalue weighted by molar-refractivity contribution is 5.77. The van der Waals surface area contributed by atoms with Gasteiger partial charge in [0.05, 0.1) is 6.04 Å². The largest absolute Gasteiger partial charge is 0.573 e. The van der Waals surface area contributed by atoms with Gasteiger partial charge in [0.25, 0.3) is 0 Å². The number of amides is 1. The first kappa shape index (κ1) is 19.0. The Bertz CT molecular complexity index is 797. The number of benzene rings is 2. The van der Waals surface area contributed by atoms with E-state index in [9.17, 15) is 23.1 Å². The normalized spacial score (nSPS) is 20.2. The lowest BCUT2D eigenvalue weighted by Gasteiger charge is -2.33. The lowest BCUT2D eigenvalue weighted by atomic mass is 9.91. The summed E-state index contributed by atoms with van der Waals surface area (Å²) in [6, 6.07) is 12.4. The summed E-state index contributed by atoms with van der Waals surface area (Å²) >= 11 is 0. The van der Waals surface area contributed by atoms with Crippen LogP contribution >= 0.6 is 0 Å². The summed E-state index contributed by atoms with van der Waals surface area (Å²) in [6.45, 7) is 0.130. The lowest BCUT2D eigenvalue weighted by Crippen LogP contribution is -2.48. The SMILES string of the molecule is O=C1CCC(NCc2cc(OC(F)(F)F)ccc2O)C(c2ccccc2)N1. The second-order valence-corrected chi connectivity index (χ2v) is 6.32. The molecule has 2 aromatic carbocycles. The molecular formula is C19H19F3N2O3. The van der Waals surface area contributed by atoms with E-state index in [-0.39, 0.29) is 35.8 Å². The van der Waals surface area contributed by atoms with E-state index in [0.29, 0.717) is 12.8 Å². The molecule has 0 spiro atoms. The van der Waals surface area contributed by atoms with Crippen LogP contribution in [0.1, 0.15) is 30.0 Å². The molecule has 1 aliphatic heterocycles. The van der Waals surface area contributed by atoms with Gasteiger partial charge in [-0.25, -0.2) is 0 Å². The standard InChI is InChI=1S/C19H19F3N2O3/c20-19(21,22)27-14-6-8-16(25)13(10-14)11-23-15-7-9-17(26)24-18(15)12-4-2-1-3-5-12/h1-6,8,10,15,18,23,25H,7,9,11H2,(H,24,26). The van der Waals surface area contributed by atoms with Gasteiger partial charge in [0.15, 0.2) is 0 Å². The molecule has 0 radical (unpaired) electrons. The number of nitrogens with one attached hydrogen (secondary N) is 2. The topological polar surface area (TPSA) is 70.6 Å². The molecule has 0 aromatic heterocycles. The van der Waals surface area contributed by atoms with Crippen LogP contribution in [0.2, 0.25) is 0 Å². The molecule has 144 valence electrons. The summed E-state index contributed by atoms with van der Waals surface area (Å²) in [6.07, 6.45) is -3.87. The summed E-state index contributed by atoms with van der Waals surface area (Å²) in [5.74, 6) is -0.577. The van der Waals surface area contributed by atoms with Crippen LogP contribution in [0.25, 0.3) is 0 Å². The molecule has 1 aliphatic rings. The number of carbonyl (C=O) groups is 1. The Morgan fingerprint density at radius 2 is 1.93 bits per heavy atom. The van der Waals surface area contributed by atoms with Gasteiger partial charge in [-0.05, 0) is 30.2 Å². The molecule has 1 heterocycles. The molecule has 8 heteroatoms. The minimum atomic E-state index is -4.80. The van der Waals surface area contributed by atoms with Gasteiger partial charge >= 0.3 is 6.36 Å². The van der Waals surface area contributed by atoms with Gasteiger partial charge in [0.1, 0.15) is 11.5 Å². The van der Waals surface area contributed by atoms with Gasteiger partial charge in [-0.2, -0.15) is 0 Å². The molecule has 2 aromatic rings. The van der Waals surface area contributed by atoms with Crippen molar-refractivity contribution in [3.63, 3.8) is 0 Å². The van der Waals surface area contributed by atoms with E-state index < -0.39 is 12.1 Å². The van der Waals surface area contributed by atoms with Crippen LogP contribution in [0.4, 0.5) is 13.2 Å². The van der Waals surface area contributed by atoms with Crippen LogP contribution in [0.15, 0.2) is 48.5 Å². The maximum atomic E-state index is 12.4. The smallest absolute Gasteiger partial charge is 0.508 e. The van der Waals surface area contributed by atoms with Crippen molar-refractivity contribution in [2.75, 3.05) is 0 Å². The maximum Gasteiger partial charge on any atom is 0.573 e. The van der Waals surface area contributed by atoms with E-state index in [4.69, 9.17) is 0 Å². The second-order valence-electron chi connectivity index (χ2n) is 6.32. The monoisotopic (exact) mass is 380 g/mol. The van der Waals surface area contributed by atoms with E-state index in [0.717, 1.165) is 23.8 Å². The number of alkyl halides is 3. The highest BCUT2D eigenvalue weighted by atomic mass is 19.4. The average molecular weight is 380 g/mol. The Kier molecular flexibility index (Phi) is 5.55. The Morgan fingerprint density at radius 1 is 1.19 bits per heavy atom. The van der Waals surface area contributed by atoms with Gasteiger partial charge in [-0.15, -0.1) is 13.2 Å². The van der Waals surface area contributed by atoms with Crippen molar-refractivity contribution in [2.24, 2.45) is 0 Å². The van der Waals surface area contributed by atoms with Gasteiger partial charge < -0.3 is 20.5 Å². The number of halogens is 3. The molecule has 2 unspecified atom stereocenters. The lowest BCUT2D eigenvalue weighted by molar-refractivity contribution is -0.274. The van der Waals surface area contributed by atoms with Crippen LogP contribution in [0.3, 0.4) is 0 Å². The highest BCUT2D eigenvalue weighted by Gasteiger charge is 2.32. The number of phenolic OH excluding ortho intramolecular Hbond substituents is 1. The predicted molar refractivity (Wildman–Crippen MR) is 92.0 cm³/mol. The first-order chi connectivity index (χ1) is 12.8. The highest BCUT2D eigenvalue weighted by Crippen LogP contribution is 2.29. The van der Waals surface area contributed by atoms with Gasteiger partial charge in [0, 0.05) is 24.6 Å². The van der Waals surface area contributed by atoms with Crippen molar-refractivity contribution in [2.45, 2.75) is 37.8 Å². The van der Waals surface area contributed by atoms with E-state index in [1.807, 2.05) is 30.3 Å². The Labute approximate surface area is 154 Å². The van der Waals surface area contributed by atoms with E-state index in [1.54, 1.807) is 0 Å². The molecule has 0 aliphatic carbocycles. The van der Waals surface area contributed by atoms with Crippen molar-refractivity contribution in [3.05, 3.63) is 59.7 Å². The second kappa shape index (κ2) is 7.87. The number of ether oxygens (including phenoxy) is 1. The Hall–Kier alpha value is -2.74. The van der Waals surface area contributed by atoms with Crippen LogP contribution in [-0.4, -0.2) is 23.4 Å². The molecule has 3 N–H and O–H groups in total. The molecule has 3 rings (SSSR count). The first-order valence-corrected chi connectivity index (χ1v) is 8.47. The van der Waals surface area contributed by atoms with Crippen LogP contribution in [-0.2, 0) is 11.3 Å². The molecule has 1 saturated heterocycles. The zero-order chi connectivity index (χ0) is 19.4. The first-order valence-electron chi connectivity index (χ1n) is 8.47. The van der Waals surface area contributed by atoms with Crippen molar-refractivity contribution in [1.29, 1.82) is 0 Å². The molecule has 27 heavy (non-hydrogen) atoms. The summed E-state index contributed by atoms with van der Waals surface area (Å²) in [7, 11) is 0. The molecule has 0 bridgehead atoms. The molecule has 0 saturated carbocycles. The number of hydrogen-bond acceptors (Lipinski definition) is 4. The molecule has 2 atom stereocenters. The van der Waals surface area contributed by atoms with Crippen LogP contribution < -0.4 is 15.4 Å². The van der Waals surface area contributed by atoms with Gasteiger partial charge in [-0.3, -0.25) is 4.79 Å². The number of piperidine rings is 1. The minimum Gasteiger partial charge on any atom is -0.508 e. The van der Waals surface area contributed by atoms with Gasteiger partial charge in [0.2, 0.25) is 5.91 Å². The Balaban J connectivity index is 1.72. The van der Waals surface area contributed by atoms with Crippen LogP contribution in [0.5, 0.6) is 11.5 Å². The molecule has 1 fully saturated rings. The molecule has 1 amide bonds. The third-order valence-electron chi connectivity index (χ3n) is 4.40. The Morgan fingerprint density at radius 3 is 2.63 bits per heavy atom. The molecule has 5 nitrogen and oxygen atoms in total. The van der Waals surface area contributed by atoms with E-state index in [1.165, 1.54) is 0 Å². The fourth-order valence-electron chi connectivity index (χ4n) is 3.14. The summed E-state index contributed by atoms with van der Waals surface area (Å²) in [5.41, 5.74) is 1.21. The molecular weight excluding hydrogens is 361 g/mol. The van der Waals surface area contributed by atoms with Crippen molar-refractivity contribution >= 4 is 5.91 Å². The van der Waals surface area contributed by atoms with Crippen LogP contribution in [0, 0.1) is 0 Å². The number of carbonyl (C=O) groups excluding carboxylic acids is 1. The maximum absolute atomic E-state index is 12.4. The number of rotatable bonds is 5. The zero-order valence-electron chi connectivity index (χ0n) is 14.3. The van der Waals surface area contributed by atoms with Gasteiger partial charge in [-0.1, -0.05) is 30.3 Å². The summed E-state index contributed by atoms with van der Waals surface area (Å²) < 4.78 is 41.1. The van der Waals surface area contributed by atoms with Crippen molar-refractivity contribution in [3.8, 4) is 11.5 Å². The average Bonchev–Trinajstić information content (AvgIpc) is 2.62. The zero-order valence-corrected chi connectivity index (χ0v) is 14.3. The summed E-state index contributed by atoms with van der Waals surface area (Å²) in [5, 5.41) is 16.1. The number of aromatic hydroxyl groups is 1. The fraction of sp³-hybridized carbons (Fsp3) is 0.316. The number of hydrogen-bond donors (Lipinski definition) is 3. The quantitative estimate of drug-likeness (QED) is 0.744. The minimum absolute atomic E-state index is 0.0506. The predicted octanol–water partition coefficient (Wildman–Crippen LogP) is 3.40. The third-order valence-corrected chi connectivity index (χ3v) is 4.40. The van der Waals surface area contributed by atoms with E-state index >= 15 is 0 Å².